The van der Waals surface area contributed by atoms with Crippen molar-refractivity contribution in [3.8, 4) is 12.1 Å². The third kappa shape index (κ3) is 2.70. The molecule has 0 fully saturated rings. The van der Waals surface area contributed by atoms with Crippen LogP contribution < -0.4 is 0 Å². The molecule has 1 rings (SSSR count). The minimum atomic E-state index is -0.690. The Morgan fingerprint density at radius 1 is 1.44 bits per heavy atom. The zero-order chi connectivity index (χ0) is 12.0. The average molecular weight is 212 g/mol. The van der Waals surface area contributed by atoms with E-state index in [0.717, 1.165) is 0 Å². The van der Waals surface area contributed by atoms with E-state index in [1.54, 1.807) is 30.3 Å². The number of carbonyl (C=O) groups excluding carboxylic acids is 1. The standard InChI is InChI=1S/C12H8N2O2/c1-16-12(15)11(8-14)6-9-3-2-4-10(5-9)7-13/h2-6H,1H3. The molecule has 1 aromatic rings. The van der Waals surface area contributed by atoms with Gasteiger partial charge in [-0.2, -0.15) is 10.5 Å². The Labute approximate surface area is 93.0 Å². The first-order valence-corrected chi connectivity index (χ1v) is 4.41. The quantitative estimate of drug-likeness (QED) is 0.424. The zero-order valence-electron chi connectivity index (χ0n) is 8.60. The van der Waals surface area contributed by atoms with E-state index in [-0.39, 0.29) is 5.57 Å². The van der Waals surface area contributed by atoms with Crippen LogP contribution in [-0.4, -0.2) is 13.1 Å². The first-order valence-electron chi connectivity index (χ1n) is 4.41. The van der Waals surface area contributed by atoms with Gasteiger partial charge in [0.15, 0.2) is 0 Å². The summed E-state index contributed by atoms with van der Waals surface area (Å²) in [4.78, 5) is 11.1. The average Bonchev–Trinajstić information content (AvgIpc) is 2.35. The molecular formula is C12H8N2O2. The molecule has 0 aliphatic heterocycles. The number of ether oxygens (including phenoxy) is 1. The van der Waals surface area contributed by atoms with Crippen molar-refractivity contribution < 1.29 is 9.53 Å². The van der Waals surface area contributed by atoms with Crippen LogP contribution in [0.2, 0.25) is 0 Å². The van der Waals surface area contributed by atoms with Gasteiger partial charge in [0, 0.05) is 0 Å². The van der Waals surface area contributed by atoms with E-state index in [1.165, 1.54) is 13.2 Å². The number of hydrogen-bond donors (Lipinski definition) is 0. The van der Waals surface area contributed by atoms with E-state index < -0.39 is 5.97 Å². The number of benzene rings is 1. The van der Waals surface area contributed by atoms with Gasteiger partial charge in [-0.25, -0.2) is 4.79 Å². The Morgan fingerprint density at radius 3 is 2.75 bits per heavy atom. The summed E-state index contributed by atoms with van der Waals surface area (Å²) in [7, 11) is 1.21. The molecule has 0 unspecified atom stereocenters. The molecule has 0 radical (unpaired) electrons. The Balaban J connectivity index is 3.11. The van der Waals surface area contributed by atoms with Crippen molar-refractivity contribution in [3.63, 3.8) is 0 Å². The molecule has 1 aromatic carbocycles. The van der Waals surface area contributed by atoms with Gasteiger partial charge in [-0.15, -0.1) is 0 Å². The van der Waals surface area contributed by atoms with Crippen LogP contribution in [0.5, 0.6) is 0 Å². The van der Waals surface area contributed by atoms with Gasteiger partial charge in [-0.05, 0) is 23.8 Å². The summed E-state index contributed by atoms with van der Waals surface area (Å²) in [5.74, 6) is -0.690. The molecule has 0 N–H and O–H groups in total. The lowest BCUT2D eigenvalue weighted by Crippen LogP contribution is -2.02. The number of hydrogen-bond acceptors (Lipinski definition) is 4. The van der Waals surface area contributed by atoms with E-state index in [1.807, 2.05) is 6.07 Å². The van der Waals surface area contributed by atoms with Crippen LogP contribution in [0.1, 0.15) is 11.1 Å². The number of methoxy groups -OCH3 is 1. The molecule has 0 saturated carbocycles. The van der Waals surface area contributed by atoms with Gasteiger partial charge in [0.05, 0.1) is 18.7 Å². The zero-order valence-corrected chi connectivity index (χ0v) is 8.60. The minimum Gasteiger partial charge on any atom is -0.465 e. The second kappa shape index (κ2) is 5.33. The lowest BCUT2D eigenvalue weighted by Gasteiger charge is -1.97. The lowest BCUT2D eigenvalue weighted by molar-refractivity contribution is -0.135. The molecule has 0 aliphatic carbocycles. The Hall–Kier alpha value is -2.59. The normalized spacial score (nSPS) is 10.1. The largest absolute Gasteiger partial charge is 0.465 e. The highest BCUT2D eigenvalue weighted by Gasteiger charge is 2.08. The summed E-state index contributed by atoms with van der Waals surface area (Å²) < 4.78 is 4.44. The number of nitriles is 2. The van der Waals surface area contributed by atoms with Gasteiger partial charge < -0.3 is 4.74 Å². The predicted octanol–water partition coefficient (Wildman–Crippen LogP) is 1.64. The van der Waals surface area contributed by atoms with Gasteiger partial charge in [0.1, 0.15) is 11.6 Å². The van der Waals surface area contributed by atoms with Crippen LogP contribution in [0.3, 0.4) is 0 Å². The van der Waals surface area contributed by atoms with E-state index in [4.69, 9.17) is 10.5 Å². The molecule has 78 valence electrons. The highest BCUT2D eigenvalue weighted by atomic mass is 16.5. The summed E-state index contributed by atoms with van der Waals surface area (Å²) in [5.41, 5.74) is 0.981. The van der Waals surface area contributed by atoms with Crippen LogP contribution in [0, 0.1) is 22.7 Å². The summed E-state index contributed by atoms with van der Waals surface area (Å²) in [6.07, 6.45) is 1.38. The lowest BCUT2D eigenvalue weighted by atomic mass is 10.1. The van der Waals surface area contributed by atoms with Crippen molar-refractivity contribution in [2.75, 3.05) is 7.11 Å². The topological polar surface area (TPSA) is 73.9 Å². The Kier molecular flexibility index (Phi) is 3.83. The van der Waals surface area contributed by atoms with Gasteiger partial charge in [-0.3, -0.25) is 0 Å². The van der Waals surface area contributed by atoms with Crippen LogP contribution in [0.15, 0.2) is 29.8 Å². The van der Waals surface area contributed by atoms with E-state index in [2.05, 4.69) is 4.74 Å². The number of esters is 1. The van der Waals surface area contributed by atoms with E-state index in [0.29, 0.717) is 11.1 Å². The fourth-order valence-corrected chi connectivity index (χ4v) is 1.11. The Bertz CT molecular complexity index is 519. The van der Waals surface area contributed by atoms with Gasteiger partial charge in [0.2, 0.25) is 0 Å². The maximum Gasteiger partial charge on any atom is 0.348 e. The molecule has 0 atom stereocenters. The van der Waals surface area contributed by atoms with Gasteiger partial charge in [0.25, 0.3) is 0 Å². The van der Waals surface area contributed by atoms with Crippen LogP contribution >= 0.6 is 0 Å². The molecule has 4 nitrogen and oxygen atoms in total. The molecule has 0 aromatic heterocycles. The van der Waals surface area contributed by atoms with E-state index >= 15 is 0 Å². The van der Waals surface area contributed by atoms with Crippen molar-refractivity contribution in [1.29, 1.82) is 10.5 Å². The van der Waals surface area contributed by atoms with Crippen molar-refractivity contribution >= 4 is 12.0 Å². The number of nitrogens with zero attached hydrogens (tertiary/aromatic N) is 2. The summed E-state index contributed by atoms with van der Waals surface area (Å²) in [6, 6.07) is 10.3. The summed E-state index contributed by atoms with van der Waals surface area (Å²) in [6.45, 7) is 0. The van der Waals surface area contributed by atoms with Crippen molar-refractivity contribution in [2.45, 2.75) is 0 Å². The third-order valence-corrected chi connectivity index (χ3v) is 1.85. The molecule has 0 amide bonds. The molecule has 0 bridgehead atoms. The predicted molar refractivity (Wildman–Crippen MR) is 56.8 cm³/mol. The molecule has 16 heavy (non-hydrogen) atoms. The monoisotopic (exact) mass is 212 g/mol. The molecule has 0 aliphatic rings. The molecule has 0 spiro atoms. The number of rotatable bonds is 2. The smallest absolute Gasteiger partial charge is 0.348 e. The third-order valence-electron chi connectivity index (χ3n) is 1.85. The fourth-order valence-electron chi connectivity index (χ4n) is 1.11. The van der Waals surface area contributed by atoms with Crippen LogP contribution in [0.25, 0.3) is 6.08 Å². The molecule has 0 heterocycles. The molecule has 0 saturated heterocycles. The maximum absolute atomic E-state index is 11.1. The van der Waals surface area contributed by atoms with Crippen molar-refractivity contribution in [2.24, 2.45) is 0 Å². The van der Waals surface area contributed by atoms with Crippen molar-refractivity contribution in [1.82, 2.24) is 0 Å². The molecule has 4 heteroatoms. The van der Waals surface area contributed by atoms with Crippen LogP contribution in [-0.2, 0) is 9.53 Å². The first-order chi connectivity index (χ1) is 7.71. The minimum absolute atomic E-state index is 0.0995. The highest BCUT2D eigenvalue weighted by Crippen LogP contribution is 2.09. The fraction of sp³-hybridized carbons (Fsp3) is 0.0833. The first kappa shape index (κ1) is 11.5. The van der Waals surface area contributed by atoms with Crippen molar-refractivity contribution in [3.05, 3.63) is 41.0 Å². The van der Waals surface area contributed by atoms with E-state index in [9.17, 15) is 4.79 Å². The maximum atomic E-state index is 11.1. The summed E-state index contributed by atoms with van der Waals surface area (Å²) >= 11 is 0. The van der Waals surface area contributed by atoms with Gasteiger partial charge >= 0.3 is 5.97 Å². The Morgan fingerprint density at radius 2 is 2.19 bits per heavy atom. The van der Waals surface area contributed by atoms with Crippen LogP contribution in [0.4, 0.5) is 0 Å². The summed E-state index contributed by atoms with van der Waals surface area (Å²) in [5, 5.41) is 17.4. The highest BCUT2D eigenvalue weighted by molar-refractivity contribution is 5.97. The van der Waals surface area contributed by atoms with Gasteiger partial charge in [-0.1, -0.05) is 12.1 Å². The second-order valence-corrected chi connectivity index (χ2v) is 2.90. The number of carbonyl (C=O) groups is 1. The molecular weight excluding hydrogens is 204 g/mol. The second-order valence-electron chi connectivity index (χ2n) is 2.90. The SMILES string of the molecule is COC(=O)C(C#N)=Cc1cccc(C#N)c1.